The minimum Gasteiger partial charge on any atom is -0.478 e. The third-order valence-corrected chi connectivity index (χ3v) is 2.62. The second-order valence-corrected chi connectivity index (χ2v) is 3.81. The van der Waals surface area contributed by atoms with E-state index < -0.39 is 5.97 Å². The van der Waals surface area contributed by atoms with Crippen molar-refractivity contribution in [2.24, 2.45) is 0 Å². The lowest BCUT2D eigenvalue weighted by molar-refractivity contribution is 0.0697. The van der Waals surface area contributed by atoms with Crippen molar-refractivity contribution in [1.82, 2.24) is 9.97 Å². The molecule has 2 aromatic rings. The van der Waals surface area contributed by atoms with E-state index in [-0.39, 0.29) is 5.56 Å². The zero-order chi connectivity index (χ0) is 14.4. The summed E-state index contributed by atoms with van der Waals surface area (Å²) in [4.78, 5) is 19.4. The number of aromatic nitrogens is 2. The molecule has 1 N–H and O–H groups in total. The van der Waals surface area contributed by atoms with Gasteiger partial charge in [0.05, 0.1) is 28.8 Å². The first kappa shape index (κ1) is 14.8. The SMILES string of the molecule is CC.Cc1ncc(-c2ccc(C(=O)O)cc2)nc1C. The van der Waals surface area contributed by atoms with Crippen molar-refractivity contribution in [1.29, 1.82) is 0 Å². The standard InChI is InChI=1S/C13H12N2O2.C2H6/c1-8-9(2)15-12(7-14-8)10-3-5-11(6-4-10)13(16)17;1-2/h3-7H,1-2H3,(H,16,17);1-2H3. The number of nitrogens with zero attached hydrogens (tertiary/aromatic N) is 2. The van der Waals surface area contributed by atoms with Gasteiger partial charge in [-0.25, -0.2) is 9.78 Å². The molecule has 0 saturated heterocycles. The van der Waals surface area contributed by atoms with E-state index in [1.165, 1.54) is 0 Å². The van der Waals surface area contributed by atoms with Crippen LogP contribution < -0.4 is 0 Å². The summed E-state index contributed by atoms with van der Waals surface area (Å²) in [5.41, 5.74) is 3.67. The van der Waals surface area contributed by atoms with Gasteiger partial charge >= 0.3 is 5.97 Å². The van der Waals surface area contributed by atoms with Crippen LogP contribution in [0.4, 0.5) is 0 Å². The van der Waals surface area contributed by atoms with Crippen LogP contribution in [-0.4, -0.2) is 21.0 Å². The first-order valence-corrected chi connectivity index (χ1v) is 6.22. The number of hydrogen-bond donors (Lipinski definition) is 1. The summed E-state index contributed by atoms with van der Waals surface area (Å²) < 4.78 is 0. The summed E-state index contributed by atoms with van der Waals surface area (Å²) in [6.45, 7) is 7.80. The highest BCUT2D eigenvalue weighted by Gasteiger charge is 2.05. The largest absolute Gasteiger partial charge is 0.478 e. The van der Waals surface area contributed by atoms with Crippen LogP contribution in [0.15, 0.2) is 30.5 Å². The highest BCUT2D eigenvalue weighted by atomic mass is 16.4. The van der Waals surface area contributed by atoms with E-state index in [1.54, 1.807) is 30.5 Å². The fourth-order valence-electron chi connectivity index (χ4n) is 1.46. The zero-order valence-corrected chi connectivity index (χ0v) is 11.6. The van der Waals surface area contributed by atoms with E-state index in [2.05, 4.69) is 9.97 Å². The molecule has 1 aromatic carbocycles. The monoisotopic (exact) mass is 258 g/mol. The number of carboxylic acids is 1. The van der Waals surface area contributed by atoms with Gasteiger partial charge in [0.1, 0.15) is 0 Å². The molecule has 0 bridgehead atoms. The Kier molecular flexibility index (Phi) is 5.18. The fraction of sp³-hybridized carbons (Fsp3) is 0.267. The van der Waals surface area contributed by atoms with E-state index in [0.29, 0.717) is 0 Å². The van der Waals surface area contributed by atoms with Crippen molar-refractivity contribution in [3.8, 4) is 11.3 Å². The lowest BCUT2D eigenvalue weighted by atomic mass is 10.1. The van der Waals surface area contributed by atoms with Crippen LogP contribution in [0.2, 0.25) is 0 Å². The Hall–Kier alpha value is -2.23. The molecule has 0 spiro atoms. The highest BCUT2D eigenvalue weighted by molar-refractivity contribution is 5.88. The Morgan fingerprint density at radius 1 is 1.05 bits per heavy atom. The molecule has 19 heavy (non-hydrogen) atoms. The maximum atomic E-state index is 10.7. The molecule has 1 heterocycles. The Balaban J connectivity index is 0.000000861. The number of hydrogen-bond acceptors (Lipinski definition) is 3. The van der Waals surface area contributed by atoms with Crippen molar-refractivity contribution < 1.29 is 9.90 Å². The maximum absolute atomic E-state index is 10.7. The van der Waals surface area contributed by atoms with Gasteiger partial charge in [-0.3, -0.25) is 4.98 Å². The Morgan fingerprint density at radius 2 is 1.63 bits per heavy atom. The first-order valence-electron chi connectivity index (χ1n) is 6.22. The Bertz CT molecular complexity index is 563. The molecule has 4 nitrogen and oxygen atoms in total. The van der Waals surface area contributed by atoms with Crippen LogP contribution in [0.25, 0.3) is 11.3 Å². The molecule has 0 fully saturated rings. The van der Waals surface area contributed by atoms with Gasteiger partial charge in [0.25, 0.3) is 0 Å². The number of rotatable bonds is 2. The third kappa shape index (κ3) is 3.61. The van der Waals surface area contributed by atoms with Gasteiger partial charge in [0.2, 0.25) is 0 Å². The summed E-state index contributed by atoms with van der Waals surface area (Å²) >= 11 is 0. The van der Waals surface area contributed by atoms with E-state index in [4.69, 9.17) is 5.11 Å². The minimum atomic E-state index is -0.928. The van der Waals surface area contributed by atoms with Gasteiger partial charge in [0, 0.05) is 5.56 Å². The number of benzene rings is 1. The van der Waals surface area contributed by atoms with Gasteiger partial charge in [0.15, 0.2) is 0 Å². The molecular formula is C15H18N2O2. The molecule has 2 rings (SSSR count). The molecule has 0 amide bonds. The van der Waals surface area contributed by atoms with Crippen molar-refractivity contribution in [3.05, 3.63) is 47.4 Å². The molecular weight excluding hydrogens is 240 g/mol. The quantitative estimate of drug-likeness (QED) is 0.895. The topological polar surface area (TPSA) is 63.1 Å². The molecule has 0 atom stereocenters. The highest BCUT2D eigenvalue weighted by Crippen LogP contribution is 2.17. The van der Waals surface area contributed by atoms with E-state index in [0.717, 1.165) is 22.6 Å². The summed E-state index contributed by atoms with van der Waals surface area (Å²) in [7, 11) is 0. The van der Waals surface area contributed by atoms with Gasteiger partial charge in [-0.15, -0.1) is 0 Å². The predicted molar refractivity (Wildman–Crippen MR) is 75.2 cm³/mol. The van der Waals surface area contributed by atoms with Crippen LogP contribution in [-0.2, 0) is 0 Å². The number of carboxylic acid groups (broad SMARTS) is 1. The molecule has 0 unspecified atom stereocenters. The van der Waals surface area contributed by atoms with Gasteiger partial charge in [-0.2, -0.15) is 0 Å². The summed E-state index contributed by atoms with van der Waals surface area (Å²) in [6.07, 6.45) is 1.69. The Morgan fingerprint density at radius 3 is 2.11 bits per heavy atom. The summed E-state index contributed by atoms with van der Waals surface area (Å²) in [6, 6.07) is 6.60. The minimum absolute atomic E-state index is 0.269. The zero-order valence-electron chi connectivity index (χ0n) is 11.6. The average Bonchev–Trinajstić information content (AvgIpc) is 2.44. The van der Waals surface area contributed by atoms with Crippen LogP contribution in [0.3, 0.4) is 0 Å². The van der Waals surface area contributed by atoms with Gasteiger partial charge in [-0.1, -0.05) is 26.0 Å². The maximum Gasteiger partial charge on any atom is 0.335 e. The normalized spacial score (nSPS) is 9.47. The molecule has 0 aliphatic heterocycles. The molecule has 1 aromatic heterocycles. The molecule has 0 radical (unpaired) electrons. The van der Waals surface area contributed by atoms with Crippen molar-refractivity contribution in [3.63, 3.8) is 0 Å². The van der Waals surface area contributed by atoms with Crippen molar-refractivity contribution in [2.45, 2.75) is 27.7 Å². The molecule has 0 saturated carbocycles. The molecule has 100 valence electrons. The van der Waals surface area contributed by atoms with E-state index in [9.17, 15) is 4.79 Å². The fourth-order valence-corrected chi connectivity index (χ4v) is 1.46. The van der Waals surface area contributed by atoms with Crippen LogP contribution in [0, 0.1) is 13.8 Å². The molecule has 0 aliphatic carbocycles. The van der Waals surface area contributed by atoms with Gasteiger partial charge in [-0.05, 0) is 26.0 Å². The summed E-state index contributed by atoms with van der Waals surface area (Å²) in [5, 5.41) is 8.80. The second kappa shape index (κ2) is 6.64. The smallest absolute Gasteiger partial charge is 0.335 e. The van der Waals surface area contributed by atoms with Crippen LogP contribution >= 0.6 is 0 Å². The first-order chi connectivity index (χ1) is 9.08. The summed E-state index contributed by atoms with van der Waals surface area (Å²) in [5.74, 6) is -0.928. The third-order valence-electron chi connectivity index (χ3n) is 2.62. The van der Waals surface area contributed by atoms with E-state index >= 15 is 0 Å². The molecule has 4 heteroatoms. The number of carbonyl (C=O) groups is 1. The second-order valence-electron chi connectivity index (χ2n) is 3.81. The lowest BCUT2D eigenvalue weighted by Crippen LogP contribution is -1.97. The Labute approximate surface area is 113 Å². The van der Waals surface area contributed by atoms with E-state index in [1.807, 2.05) is 27.7 Å². The van der Waals surface area contributed by atoms with Gasteiger partial charge < -0.3 is 5.11 Å². The lowest BCUT2D eigenvalue weighted by Gasteiger charge is -2.04. The average molecular weight is 258 g/mol. The predicted octanol–water partition coefficient (Wildman–Crippen LogP) is 3.48. The molecule has 0 aliphatic rings. The van der Waals surface area contributed by atoms with Crippen LogP contribution in [0.1, 0.15) is 35.6 Å². The van der Waals surface area contributed by atoms with Crippen molar-refractivity contribution in [2.75, 3.05) is 0 Å². The number of aromatic carboxylic acids is 1. The number of aryl methyl sites for hydroxylation is 2. The van der Waals surface area contributed by atoms with Crippen LogP contribution in [0.5, 0.6) is 0 Å². The van der Waals surface area contributed by atoms with Crippen molar-refractivity contribution >= 4 is 5.97 Å².